The Labute approximate surface area is 150 Å². The summed E-state index contributed by atoms with van der Waals surface area (Å²) in [6, 6.07) is 9.38. The molecular formula is C15H12Br2Cl2O2. The molecule has 0 saturated carbocycles. The van der Waals surface area contributed by atoms with Crippen LogP contribution in [-0.2, 0) is 0 Å². The second kappa shape index (κ2) is 7.23. The van der Waals surface area contributed by atoms with Crippen molar-refractivity contribution in [3.05, 3.63) is 56.0 Å². The number of benzene rings is 2. The lowest BCUT2D eigenvalue weighted by atomic mass is 10.0. The molecule has 0 spiro atoms. The van der Waals surface area contributed by atoms with E-state index in [0.717, 1.165) is 15.6 Å². The van der Waals surface area contributed by atoms with E-state index in [-0.39, 0.29) is 4.83 Å². The van der Waals surface area contributed by atoms with Crippen molar-refractivity contribution in [1.29, 1.82) is 0 Å². The van der Waals surface area contributed by atoms with Gasteiger partial charge in [0.2, 0.25) is 0 Å². The quantitative estimate of drug-likeness (QED) is 0.508. The zero-order valence-corrected chi connectivity index (χ0v) is 16.0. The van der Waals surface area contributed by atoms with Gasteiger partial charge in [-0.15, -0.1) is 0 Å². The second-order valence-corrected chi connectivity index (χ2v) is 6.82. The molecule has 1 unspecified atom stereocenters. The molecular weight excluding hydrogens is 443 g/mol. The predicted molar refractivity (Wildman–Crippen MR) is 94.5 cm³/mol. The summed E-state index contributed by atoms with van der Waals surface area (Å²) in [6.45, 7) is 0. The molecule has 0 radical (unpaired) electrons. The highest BCUT2D eigenvalue weighted by Crippen LogP contribution is 2.45. The first-order valence-corrected chi connectivity index (χ1v) is 8.45. The Hall–Kier alpha value is -0.420. The number of methoxy groups -OCH3 is 2. The zero-order valence-electron chi connectivity index (χ0n) is 11.3. The molecule has 6 heteroatoms. The van der Waals surface area contributed by atoms with Crippen LogP contribution in [0, 0.1) is 0 Å². The molecule has 0 N–H and O–H groups in total. The number of rotatable bonds is 4. The van der Waals surface area contributed by atoms with Crippen LogP contribution in [0.4, 0.5) is 0 Å². The molecule has 112 valence electrons. The molecule has 0 fully saturated rings. The third-order valence-electron chi connectivity index (χ3n) is 3.02. The lowest BCUT2D eigenvalue weighted by Crippen LogP contribution is -2.00. The van der Waals surface area contributed by atoms with E-state index in [1.807, 2.05) is 30.3 Å². The molecule has 21 heavy (non-hydrogen) atoms. The van der Waals surface area contributed by atoms with Gasteiger partial charge in [0.05, 0.1) is 19.0 Å². The van der Waals surface area contributed by atoms with Crippen LogP contribution in [0.5, 0.6) is 11.5 Å². The number of hydrogen-bond acceptors (Lipinski definition) is 2. The highest BCUT2D eigenvalue weighted by Gasteiger charge is 2.21. The van der Waals surface area contributed by atoms with E-state index >= 15 is 0 Å². The summed E-state index contributed by atoms with van der Waals surface area (Å²) < 4.78 is 11.6. The minimum atomic E-state index is -0.0949. The van der Waals surface area contributed by atoms with Crippen LogP contribution in [0.2, 0.25) is 10.0 Å². The number of ether oxygens (including phenoxy) is 2. The van der Waals surface area contributed by atoms with Crippen LogP contribution in [0.1, 0.15) is 16.0 Å². The summed E-state index contributed by atoms with van der Waals surface area (Å²) in [6.07, 6.45) is 0. The predicted octanol–water partition coefficient (Wildman–Crippen LogP) is 6.26. The van der Waals surface area contributed by atoms with Gasteiger partial charge in [-0.2, -0.15) is 0 Å². The number of hydrogen-bond donors (Lipinski definition) is 0. The molecule has 2 aromatic carbocycles. The van der Waals surface area contributed by atoms with Crippen molar-refractivity contribution in [2.75, 3.05) is 14.2 Å². The van der Waals surface area contributed by atoms with E-state index in [0.29, 0.717) is 21.5 Å². The fourth-order valence-electron chi connectivity index (χ4n) is 1.99. The molecule has 0 aliphatic heterocycles. The van der Waals surface area contributed by atoms with Crippen molar-refractivity contribution in [3.63, 3.8) is 0 Å². The number of halogens is 4. The van der Waals surface area contributed by atoms with Gasteiger partial charge in [0, 0.05) is 15.1 Å². The van der Waals surface area contributed by atoms with Gasteiger partial charge in [0.15, 0.2) is 0 Å². The first kappa shape index (κ1) is 16.9. The monoisotopic (exact) mass is 452 g/mol. The molecule has 0 aliphatic rings. The maximum Gasteiger partial charge on any atom is 0.145 e. The number of alkyl halides is 1. The molecule has 2 nitrogen and oxygen atoms in total. The largest absolute Gasteiger partial charge is 0.495 e. The fraction of sp³-hybridized carbons (Fsp3) is 0.200. The van der Waals surface area contributed by atoms with Gasteiger partial charge < -0.3 is 9.47 Å². The molecule has 0 amide bonds. The van der Waals surface area contributed by atoms with Crippen molar-refractivity contribution in [2.24, 2.45) is 0 Å². The Morgan fingerprint density at radius 2 is 1.67 bits per heavy atom. The standard InChI is InChI=1S/C15H12Br2Cl2O2/c1-20-12-6-5-10(15(21-2)14(12)19)13(17)9-4-3-8(18)7-11(9)16/h3-7,13H,1-2H3. The second-order valence-electron chi connectivity index (χ2n) is 4.23. The Bertz CT molecular complexity index is 662. The first-order chi connectivity index (χ1) is 9.99. The molecule has 1 atom stereocenters. The smallest absolute Gasteiger partial charge is 0.145 e. The summed E-state index contributed by atoms with van der Waals surface area (Å²) >= 11 is 19.5. The van der Waals surface area contributed by atoms with Gasteiger partial charge in [-0.05, 0) is 23.8 Å². The van der Waals surface area contributed by atoms with Crippen molar-refractivity contribution in [1.82, 2.24) is 0 Å². The van der Waals surface area contributed by atoms with Gasteiger partial charge in [-0.3, -0.25) is 0 Å². The Morgan fingerprint density at radius 1 is 1.00 bits per heavy atom. The van der Waals surface area contributed by atoms with Crippen LogP contribution in [0.25, 0.3) is 0 Å². The molecule has 2 rings (SSSR count). The van der Waals surface area contributed by atoms with Crippen molar-refractivity contribution >= 4 is 55.1 Å². The molecule has 0 saturated heterocycles. The SMILES string of the molecule is COc1ccc(C(Br)c2ccc(Cl)cc2Br)c(OC)c1Cl. The van der Waals surface area contributed by atoms with Crippen LogP contribution in [0.15, 0.2) is 34.8 Å². The van der Waals surface area contributed by atoms with Gasteiger partial charge in [-0.1, -0.05) is 67.2 Å². The average Bonchev–Trinajstić information content (AvgIpc) is 2.46. The van der Waals surface area contributed by atoms with Crippen LogP contribution in [-0.4, -0.2) is 14.2 Å². The lowest BCUT2D eigenvalue weighted by molar-refractivity contribution is 0.392. The normalized spacial score (nSPS) is 12.1. The summed E-state index contributed by atoms with van der Waals surface area (Å²) in [5.74, 6) is 1.16. The van der Waals surface area contributed by atoms with Gasteiger partial charge in [0.25, 0.3) is 0 Å². The minimum absolute atomic E-state index is 0.0949. The van der Waals surface area contributed by atoms with E-state index in [4.69, 9.17) is 32.7 Å². The maximum absolute atomic E-state index is 6.31. The van der Waals surface area contributed by atoms with Gasteiger partial charge >= 0.3 is 0 Å². The summed E-state index contributed by atoms with van der Waals surface area (Å²) in [7, 11) is 3.16. The highest BCUT2D eigenvalue weighted by molar-refractivity contribution is 9.11. The third-order valence-corrected chi connectivity index (χ3v) is 5.29. The van der Waals surface area contributed by atoms with E-state index in [2.05, 4.69) is 31.9 Å². The average molecular weight is 455 g/mol. The Kier molecular flexibility index (Phi) is 5.83. The summed E-state index contributed by atoms with van der Waals surface area (Å²) in [4.78, 5) is -0.0949. The highest BCUT2D eigenvalue weighted by atomic mass is 79.9. The van der Waals surface area contributed by atoms with E-state index < -0.39 is 0 Å². The molecule has 0 heterocycles. The topological polar surface area (TPSA) is 18.5 Å². The van der Waals surface area contributed by atoms with Gasteiger partial charge in [-0.25, -0.2) is 0 Å². The summed E-state index contributed by atoms with van der Waals surface area (Å²) in [5.41, 5.74) is 1.94. The van der Waals surface area contributed by atoms with Crippen LogP contribution < -0.4 is 9.47 Å². The first-order valence-electron chi connectivity index (χ1n) is 5.99. The van der Waals surface area contributed by atoms with Crippen LogP contribution >= 0.6 is 55.1 Å². The third kappa shape index (κ3) is 3.50. The fourth-order valence-corrected chi connectivity index (χ4v) is 4.30. The van der Waals surface area contributed by atoms with E-state index in [1.165, 1.54) is 0 Å². The molecule has 0 bridgehead atoms. The lowest BCUT2D eigenvalue weighted by Gasteiger charge is -2.18. The van der Waals surface area contributed by atoms with Gasteiger partial charge in [0.1, 0.15) is 16.5 Å². The Balaban J connectivity index is 2.52. The van der Waals surface area contributed by atoms with Crippen molar-refractivity contribution < 1.29 is 9.47 Å². The van der Waals surface area contributed by atoms with Crippen molar-refractivity contribution in [2.45, 2.75) is 4.83 Å². The maximum atomic E-state index is 6.31. The van der Waals surface area contributed by atoms with Crippen molar-refractivity contribution in [3.8, 4) is 11.5 Å². The van der Waals surface area contributed by atoms with E-state index in [1.54, 1.807) is 14.2 Å². The summed E-state index contributed by atoms with van der Waals surface area (Å²) in [5, 5.41) is 1.12. The molecule has 0 aromatic heterocycles. The minimum Gasteiger partial charge on any atom is -0.495 e. The van der Waals surface area contributed by atoms with Crippen LogP contribution in [0.3, 0.4) is 0 Å². The molecule has 0 aliphatic carbocycles. The van der Waals surface area contributed by atoms with E-state index in [9.17, 15) is 0 Å². The molecule has 2 aromatic rings. The Morgan fingerprint density at radius 3 is 2.24 bits per heavy atom. The zero-order chi connectivity index (χ0) is 15.6.